The zero-order valence-electron chi connectivity index (χ0n) is 19.2. The first-order valence-corrected chi connectivity index (χ1v) is 11.8. The van der Waals surface area contributed by atoms with Gasteiger partial charge in [0.2, 0.25) is 11.8 Å². The van der Waals surface area contributed by atoms with Gasteiger partial charge in [-0.2, -0.15) is 0 Å². The number of carbonyl (C=O) groups is 2. The van der Waals surface area contributed by atoms with Crippen LogP contribution in [-0.4, -0.2) is 50.0 Å². The molecule has 2 aromatic rings. The Morgan fingerprint density at radius 2 is 1.41 bits per heavy atom. The molecule has 2 atom stereocenters. The van der Waals surface area contributed by atoms with Gasteiger partial charge in [-0.1, -0.05) is 12.8 Å². The standard InChI is InChI=1S/C25H28N4O5/c1-34-19-9-6-17(7-10-19)26-12-14-27(15-13-26)22-11-8-18(16-23(22)29(32)33)28-24(30)20-4-2-3-5-21(20)25(28)31/h6-11,16,20-21H,2-5,12-15H2,1H3/t20-,21-/m0/s1. The molecule has 1 saturated carbocycles. The summed E-state index contributed by atoms with van der Waals surface area (Å²) in [5, 5.41) is 12.0. The second-order valence-electron chi connectivity index (χ2n) is 9.11. The van der Waals surface area contributed by atoms with E-state index in [0.717, 1.165) is 37.4 Å². The first-order valence-electron chi connectivity index (χ1n) is 11.8. The highest BCUT2D eigenvalue weighted by atomic mass is 16.6. The number of nitrogens with zero attached hydrogens (tertiary/aromatic N) is 4. The number of hydrogen-bond donors (Lipinski definition) is 0. The van der Waals surface area contributed by atoms with Crippen LogP contribution in [0.25, 0.3) is 0 Å². The van der Waals surface area contributed by atoms with Crippen LogP contribution in [0.15, 0.2) is 42.5 Å². The van der Waals surface area contributed by atoms with Gasteiger partial charge in [-0.15, -0.1) is 0 Å². The average molecular weight is 465 g/mol. The van der Waals surface area contributed by atoms with Crippen molar-refractivity contribution in [3.05, 3.63) is 52.6 Å². The number of nitro benzene ring substituents is 1. The number of imide groups is 1. The van der Waals surface area contributed by atoms with Crippen LogP contribution in [0.5, 0.6) is 5.75 Å². The minimum Gasteiger partial charge on any atom is -0.497 e. The molecule has 2 heterocycles. The van der Waals surface area contributed by atoms with Gasteiger partial charge >= 0.3 is 0 Å². The number of nitro groups is 1. The molecule has 2 aromatic carbocycles. The maximum Gasteiger partial charge on any atom is 0.294 e. The lowest BCUT2D eigenvalue weighted by Gasteiger charge is -2.37. The molecular formula is C25H28N4O5. The van der Waals surface area contributed by atoms with Gasteiger partial charge in [0.25, 0.3) is 5.69 Å². The van der Waals surface area contributed by atoms with Gasteiger partial charge in [-0.25, -0.2) is 4.90 Å². The maximum atomic E-state index is 12.9. The zero-order valence-corrected chi connectivity index (χ0v) is 19.2. The summed E-state index contributed by atoms with van der Waals surface area (Å²) in [6, 6.07) is 12.6. The van der Waals surface area contributed by atoms with E-state index >= 15 is 0 Å². The molecule has 0 bridgehead atoms. The molecule has 2 aliphatic heterocycles. The van der Waals surface area contributed by atoms with Crippen LogP contribution in [0.1, 0.15) is 25.7 Å². The third-order valence-electron chi connectivity index (χ3n) is 7.31. The third-order valence-corrected chi connectivity index (χ3v) is 7.31. The maximum absolute atomic E-state index is 12.9. The summed E-state index contributed by atoms with van der Waals surface area (Å²) in [5.41, 5.74) is 1.82. The van der Waals surface area contributed by atoms with Crippen molar-refractivity contribution in [1.82, 2.24) is 0 Å². The van der Waals surface area contributed by atoms with E-state index in [1.54, 1.807) is 19.2 Å². The highest BCUT2D eigenvalue weighted by Crippen LogP contribution is 2.42. The largest absolute Gasteiger partial charge is 0.497 e. The number of rotatable bonds is 5. The highest BCUT2D eigenvalue weighted by Gasteiger charge is 2.49. The lowest BCUT2D eigenvalue weighted by molar-refractivity contribution is -0.384. The molecule has 0 aromatic heterocycles. The van der Waals surface area contributed by atoms with Gasteiger partial charge in [0.15, 0.2) is 0 Å². The van der Waals surface area contributed by atoms with E-state index in [9.17, 15) is 19.7 Å². The lowest BCUT2D eigenvalue weighted by Crippen LogP contribution is -2.46. The highest BCUT2D eigenvalue weighted by molar-refractivity contribution is 6.22. The number of fused-ring (bicyclic) bond motifs is 1. The van der Waals surface area contributed by atoms with Crippen molar-refractivity contribution >= 4 is 34.6 Å². The van der Waals surface area contributed by atoms with E-state index in [2.05, 4.69) is 4.90 Å². The predicted molar refractivity (Wildman–Crippen MR) is 128 cm³/mol. The minimum atomic E-state index is -0.424. The number of hydrogen-bond acceptors (Lipinski definition) is 7. The number of ether oxygens (including phenoxy) is 1. The molecule has 0 N–H and O–H groups in total. The summed E-state index contributed by atoms with van der Waals surface area (Å²) >= 11 is 0. The van der Waals surface area contributed by atoms with Crippen molar-refractivity contribution in [2.45, 2.75) is 25.7 Å². The summed E-state index contributed by atoms with van der Waals surface area (Å²) in [7, 11) is 1.63. The lowest BCUT2D eigenvalue weighted by atomic mass is 9.81. The van der Waals surface area contributed by atoms with Crippen LogP contribution >= 0.6 is 0 Å². The Morgan fingerprint density at radius 1 is 0.853 bits per heavy atom. The molecule has 34 heavy (non-hydrogen) atoms. The number of amides is 2. The van der Waals surface area contributed by atoms with Crippen LogP contribution in [0.2, 0.25) is 0 Å². The Kier molecular flexibility index (Phi) is 5.85. The van der Waals surface area contributed by atoms with E-state index < -0.39 is 4.92 Å². The normalized spacial score (nSPS) is 22.7. The van der Waals surface area contributed by atoms with Crippen molar-refractivity contribution in [3.8, 4) is 5.75 Å². The molecule has 0 spiro atoms. The topological polar surface area (TPSA) is 96.2 Å². The molecule has 178 valence electrons. The van der Waals surface area contributed by atoms with Crippen molar-refractivity contribution in [1.29, 1.82) is 0 Å². The Hall–Kier alpha value is -3.62. The molecule has 9 nitrogen and oxygen atoms in total. The number of anilines is 3. The summed E-state index contributed by atoms with van der Waals surface area (Å²) in [6.45, 7) is 2.69. The Morgan fingerprint density at radius 3 is 1.97 bits per heavy atom. The van der Waals surface area contributed by atoms with Gasteiger partial charge in [-0.05, 0) is 49.2 Å². The summed E-state index contributed by atoms with van der Waals surface area (Å²) in [6.07, 6.45) is 3.31. The molecule has 0 unspecified atom stereocenters. The van der Waals surface area contributed by atoms with E-state index in [4.69, 9.17) is 4.74 Å². The molecule has 2 amide bonds. The van der Waals surface area contributed by atoms with Gasteiger partial charge in [-0.3, -0.25) is 19.7 Å². The molecule has 0 radical (unpaired) electrons. The van der Waals surface area contributed by atoms with Crippen molar-refractivity contribution in [3.63, 3.8) is 0 Å². The van der Waals surface area contributed by atoms with E-state index in [1.807, 2.05) is 29.2 Å². The van der Waals surface area contributed by atoms with Crippen molar-refractivity contribution in [2.24, 2.45) is 11.8 Å². The quantitative estimate of drug-likeness (QED) is 0.379. The third kappa shape index (κ3) is 3.85. The molecule has 9 heteroatoms. The van der Waals surface area contributed by atoms with Gasteiger partial charge < -0.3 is 14.5 Å². The molecule has 3 fully saturated rings. The smallest absolute Gasteiger partial charge is 0.294 e. The van der Waals surface area contributed by atoms with Crippen LogP contribution in [0.4, 0.5) is 22.7 Å². The molecule has 1 aliphatic carbocycles. The molecule has 5 rings (SSSR count). The minimum absolute atomic E-state index is 0.0779. The fraction of sp³-hybridized carbons (Fsp3) is 0.440. The Balaban J connectivity index is 1.35. The Labute approximate surface area is 198 Å². The second kappa shape index (κ2) is 8.96. The summed E-state index contributed by atoms with van der Waals surface area (Å²) in [5.74, 6) is -0.209. The monoisotopic (exact) mass is 464 g/mol. The summed E-state index contributed by atoms with van der Waals surface area (Å²) in [4.78, 5) is 42.8. The van der Waals surface area contributed by atoms with Crippen LogP contribution < -0.4 is 19.4 Å². The number of carbonyl (C=O) groups excluding carboxylic acids is 2. The summed E-state index contributed by atoms with van der Waals surface area (Å²) < 4.78 is 5.22. The van der Waals surface area contributed by atoms with E-state index in [1.165, 1.54) is 11.0 Å². The van der Waals surface area contributed by atoms with Gasteiger partial charge in [0.05, 0.1) is 29.6 Å². The van der Waals surface area contributed by atoms with Crippen LogP contribution in [-0.2, 0) is 9.59 Å². The van der Waals surface area contributed by atoms with Gasteiger partial charge in [0, 0.05) is 37.9 Å². The molecule has 2 saturated heterocycles. The fourth-order valence-corrected chi connectivity index (χ4v) is 5.48. The zero-order chi connectivity index (χ0) is 23.8. The first-order chi connectivity index (χ1) is 16.5. The molecular weight excluding hydrogens is 436 g/mol. The van der Waals surface area contributed by atoms with E-state index in [0.29, 0.717) is 37.3 Å². The van der Waals surface area contributed by atoms with Crippen LogP contribution in [0, 0.1) is 22.0 Å². The fourth-order valence-electron chi connectivity index (χ4n) is 5.48. The number of piperazine rings is 1. The van der Waals surface area contributed by atoms with Gasteiger partial charge in [0.1, 0.15) is 11.4 Å². The second-order valence-corrected chi connectivity index (χ2v) is 9.11. The predicted octanol–water partition coefficient (Wildman–Crippen LogP) is 3.61. The van der Waals surface area contributed by atoms with Crippen LogP contribution in [0.3, 0.4) is 0 Å². The van der Waals surface area contributed by atoms with E-state index in [-0.39, 0.29) is 29.3 Å². The SMILES string of the molecule is COc1ccc(N2CCN(c3ccc(N4C(=O)[C@H]5CCCC[C@@H]5C4=O)cc3[N+](=O)[O-])CC2)cc1. The number of methoxy groups -OCH3 is 1. The molecule has 3 aliphatic rings. The van der Waals surface area contributed by atoms with Crippen molar-refractivity contribution < 1.29 is 19.2 Å². The van der Waals surface area contributed by atoms with Crippen molar-refractivity contribution in [2.75, 3.05) is 48.0 Å². The number of benzene rings is 2. The first kappa shape index (κ1) is 22.2. The Bertz CT molecular complexity index is 1090. The average Bonchev–Trinajstić information content (AvgIpc) is 3.13.